The number of halogens is 3. The number of fused-ring (bicyclic) bond motifs is 1. The summed E-state index contributed by atoms with van der Waals surface area (Å²) >= 11 is 0. The quantitative estimate of drug-likeness (QED) is 0.609. The van der Waals surface area contributed by atoms with Gasteiger partial charge in [-0.25, -0.2) is 4.68 Å². The zero-order valence-corrected chi connectivity index (χ0v) is 16.7. The van der Waals surface area contributed by atoms with Crippen molar-refractivity contribution in [1.29, 1.82) is 0 Å². The van der Waals surface area contributed by atoms with Gasteiger partial charge in [0.1, 0.15) is 17.1 Å². The van der Waals surface area contributed by atoms with Gasteiger partial charge in [-0.1, -0.05) is 48.5 Å². The number of aromatic nitrogens is 2. The highest BCUT2D eigenvalue weighted by Gasteiger charge is 2.32. The fourth-order valence-corrected chi connectivity index (χ4v) is 3.72. The average Bonchev–Trinajstić information content (AvgIpc) is 3.17. The molecule has 0 saturated heterocycles. The highest BCUT2D eigenvalue weighted by molar-refractivity contribution is 5.98. The van der Waals surface area contributed by atoms with Crippen LogP contribution in [0.5, 0.6) is 5.75 Å². The van der Waals surface area contributed by atoms with Crippen LogP contribution in [0, 0.1) is 0 Å². The fourth-order valence-electron chi connectivity index (χ4n) is 3.72. The van der Waals surface area contributed by atoms with Crippen molar-refractivity contribution in [2.75, 3.05) is 5.32 Å². The number of rotatable bonds is 5. The molecule has 0 radical (unpaired) electrons. The number of carbonyl (C=O) groups is 1. The van der Waals surface area contributed by atoms with Gasteiger partial charge in [-0.05, 0) is 25.0 Å². The van der Waals surface area contributed by atoms with Crippen LogP contribution in [0.4, 0.5) is 19.0 Å². The number of alkyl halides is 3. The number of amides is 1. The van der Waals surface area contributed by atoms with Crippen molar-refractivity contribution in [1.82, 2.24) is 15.1 Å². The third-order valence-corrected chi connectivity index (χ3v) is 5.18. The minimum Gasteiger partial charge on any atom is -0.405 e. The second kappa shape index (κ2) is 8.33. The first kappa shape index (κ1) is 20.8. The molecule has 1 aliphatic heterocycles. The zero-order chi connectivity index (χ0) is 22.0. The molecule has 2 atom stereocenters. The molecular formula is C22H21F3N4O2. The molecule has 0 spiro atoms. The van der Waals surface area contributed by atoms with Crippen LogP contribution >= 0.6 is 0 Å². The summed E-state index contributed by atoms with van der Waals surface area (Å²) in [5, 5.41) is 10.4. The van der Waals surface area contributed by atoms with Gasteiger partial charge in [-0.15, -0.1) is 13.2 Å². The number of hydrogen-bond acceptors (Lipinski definition) is 4. The van der Waals surface area contributed by atoms with Gasteiger partial charge in [0.05, 0.1) is 18.3 Å². The van der Waals surface area contributed by atoms with Gasteiger partial charge >= 0.3 is 6.36 Å². The zero-order valence-electron chi connectivity index (χ0n) is 16.7. The smallest absolute Gasteiger partial charge is 0.405 e. The Labute approximate surface area is 177 Å². The maximum atomic E-state index is 12.8. The van der Waals surface area contributed by atoms with Crippen molar-refractivity contribution >= 4 is 11.7 Å². The second-order valence-corrected chi connectivity index (χ2v) is 7.38. The van der Waals surface area contributed by atoms with E-state index in [0.717, 1.165) is 12.0 Å². The SMILES string of the molecule is CC1CC(c2ccccc2)Nc2c(C(=O)NCc3ccccc3OC(F)(F)F)cnn21. The first-order chi connectivity index (χ1) is 14.8. The average molecular weight is 430 g/mol. The Kier molecular flexibility index (Phi) is 5.58. The van der Waals surface area contributed by atoms with Crippen molar-refractivity contribution in [2.24, 2.45) is 0 Å². The highest BCUT2D eigenvalue weighted by atomic mass is 19.4. The summed E-state index contributed by atoms with van der Waals surface area (Å²) in [6.45, 7) is 1.91. The first-order valence-electron chi connectivity index (χ1n) is 9.82. The van der Waals surface area contributed by atoms with Gasteiger partial charge in [0, 0.05) is 12.1 Å². The number of anilines is 1. The van der Waals surface area contributed by atoms with E-state index < -0.39 is 12.3 Å². The molecule has 4 rings (SSSR count). The molecular weight excluding hydrogens is 409 g/mol. The van der Waals surface area contributed by atoms with Gasteiger partial charge in [0.2, 0.25) is 0 Å². The van der Waals surface area contributed by atoms with Crippen molar-refractivity contribution in [3.63, 3.8) is 0 Å². The van der Waals surface area contributed by atoms with Crippen LogP contribution in [0.15, 0.2) is 60.8 Å². The molecule has 0 saturated carbocycles. The summed E-state index contributed by atoms with van der Waals surface area (Å²) in [6.07, 6.45) is -2.53. The molecule has 9 heteroatoms. The van der Waals surface area contributed by atoms with Gasteiger partial charge < -0.3 is 15.4 Å². The Morgan fingerprint density at radius 1 is 1.19 bits per heavy atom. The molecule has 162 valence electrons. The molecule has 2 unspecified atom stereocenters. The Bertz CT molecular complexity index is 1070. The Morgan fingerprint density at radius 2 is 1.90 bits per heavy atom. The van der Waals surface area contributed by atoms with E-state index in [9.17, 15) is 18.0 Å². The summed E-state index contributed by atoms with van der Waals surface area (Å²) < 4.78 is 43.7. The van der Waals surface area contributed by atoms with E-state index in [4.69, 9.17) is 0 Å². The van der Waals surface area contributed by atoms with Crippen molar-refractivity contribution in [2.45, 2.75) is 38.3 Å². The molecule has 3 aromatic rings. The molecule has 2 N–H and O–H groups in total. The van der Waals surface area contributed by atoms with E-state index in [0.29, 0.717) is 11.4 Å². The number of benzene rings is 2. The van der Waals surface area contributed by atoms with Crippen LogP contribution in [-0.2, 0) is 6.54 Å². The minimum atomic E-state index is -4.81. The van der Waals surface area contributed by atoms with E-state index in [1.165, 1.54) is 24.4 Å². The molecule has 31 heavy (non-hydrogen) atoms. The number of ether oxygens (including phenoxy) is 1. The number of hydrogen-bond donors (Lipinski definition) is 2. The molecule has 2 aromatic carbocycles. The van der Waals surface area contributed by atoms with Gasteiger partial charge in [0.25, 0.3) is 5.91 Å². The van der Waals surface area contributed by atoms with Crippen LogP contribution in [0.25, 0.3) is 0 Å². The third kappa shape index (κ3) is 4.65. The van der Waals surface area contributed by atoms with E-state index >= 15 is 0 Å². The van der Waals surface area contributed by atoms with Crippen molar-refractivity contribution < 1.29 is 22.7 Å². The Morgan fingerprint density at radius 3 is 2.65 bits per heavy atom. The lowest BCUT2D eigenvalue weighted by atomic mass is 9.98. The highest BCUT2D eigenvalue weighted by Crippen LogP contribution is 2.36. The minimum absolute atomic E-state index is 0.0212. The predicted octanol–water partition coefficient (Wildman–Crippen LogP) is 4.83. The van der Waals surface area contributed by atoms with Gasteiger partial charge in [-0.2, -0.15) is 5.10 Å². The topological polar surface area (TPSA) is 68.2 Å². The normalized spacial score (nSPS) is 18.1. The molecule has 0 fully saturated rings. The molecule has 2 heterocycles. The molecule has 6 nitrogen and oxygen atoms in total. The first-order valence-corrected chi connectivity index (χ1v) is 9.82. The summed E-state index contributed by atoms with van der Waals surface area (Å²) in [5.74, 6) is -0.190. The van der Waals surface area contributed by atoms with E-state index in [2.05, 4.69) is 20.5 Å². The molecule has 1 aliphatic rings. The van der Waals surface area contributed by atoms with Crippen molar-refractivity contribution in [3.05, 3.63) is 77.5 Å². The molecule has 1 aromatic heterocycles. The van der Waals surface area contributed by atoms with Crippen LogP contribution in [-0.4, -0.2) is 22.1 Å². The maximum Gasteiger partial charge on any atom is 0.573 e. The lowest BCUT2D eigenvalue weighted by Crippen LogP contribution is -2.29. The van der Waals surface area contributed by atoms with Crippen LogP contribution in [0.2, 0.25) is 0 Å². The third-order valence-electron chi connectivity index (χ3n) is 5.18. The van der Waals surface area contributed by atoms with Crippen LogP contribution < -0.4 is 15.4 Å². The largest absolute Gasteiger partial charge is 0.573 e. The molecule has 0 aliphatic carbocycles. The summed E-state index contributed by atoms with van der Waals surface area (Å²) in [6, 6.07) is 15.7. The number of nitrogens with one attached hydrogen (secondary N) is 2. The molecule has 0 bridgehead atoms. The summed E-state index contributed by atoms with van der Waals surface area (Å²) in [7, 11) is 0. The van der Waals surface area contributed by atoms with E-state index in [1.807, 2.05) is 37.3 Å². The number of para-hydroxylation sites is 1. The van der Waals surface area contributed by atoms with Crippen LogP contribution in [0.3, 0.4) is 0 Å². The van der Waals surface area contributed by atoms with Gasteiger partial charge in [-0.3, -0.25) is 4.79 Å². The summed E-state index contributed by atoms with van der Waals surface area (Å²) in [4.78, 5) is 12.8. The lowest BCUT2D eigenvalue weighted by Gasteiger charge is -2.31. The monoisotopic (exact) mass is 430 g/mol. The fraction of sp³-hybridized carbons (Fsp3) is 0.273. The van der Waals surface area contributed by atoms with Crippen molar-refractivity contribution in [3.8, 4) is 5.75 Å². The van der Waals surface area contributed by atoms with E-state index in [1.54, 1.807) is 10.7 Å². The van der Waals surface area contributed by atoms with Gasteiger partial charge in [0.15, 0.2) is 0 Å². The number of nitrogens with zero attached hydrogens (tertiary/aromatic N) is 2. The lowest BCUT2D eigenvalue weighted by molar-refractivity contribution is -0.274. The maximum absolute atomic E-state index is 12.8. The standard InChI is InChI=1S/C22H21F3N4O2/c1-14-11-18(15-7-3-2-4-8-15)28-20-17(13-27-29(14)20)21(30)26-12-16-9-5-6-10-19(16)31-22(23,24)25/h2-10,13-14,18,28H,11-12H2,1H3,(H,26,30). The summed E-state index contributed by atoms with van der Waals surface area (Å²) in [5.41, 5.74) is 1.66. The Balaban J connectivity index is 1.51. The predicted molar refractivity (Wildman–Crippen MR) is 109 cm³/mol. The molecule has 1 amide bonds. The van der Waals surface area contributed by atoms with E-state index in [-0.39, 0.29) is 29.9 Å². The van der Waals surface area contributed by atoms with Crippen LogP contribution in [0.1, 0.15) is 46.9 Å². The second-order valence-electron chi connectivity index (χ2n) is 7.38. The Hall–Kier alpha value is -3.49. The number of carbonyl (C=O) groups excluding carboxylic acids is 1.